The zero-order valence-electron chi connectivity index (χ0n) is 7.15. The Morgan fingerprint density at radius 3 is 2.54 bits per heavy atom. The van der Waals surface area contributed by atoms with Gasteiger partial charge in [0.2, 0.25) is 5.91 Å². The van der Waals surface area contributed by atoms with Gasteiger partial charge in [0, 0.05) is 6.54 Å². The van der Waals surface area contributed by atoms with E-state index in [4.69, 9.17) is 0 Å². The van der Waals surface area contributed by atoms with Gasteiger partial charge in [-0.25, -0.2) is 0 Å². The predicted molar refractivity (Wildman–Crippen MR) is 55.1 cm³/mol. The lowest BCUT2D eigenvalue weighted by Gasteiger charge is -2.19. The largest absolute Gasteiger partial charge is 0.288 e. The van der Waals surface area contributed by atoms with E-state index in [1.807, 2.05) is 0 Å². The van der Waals surface area contributed by atoms with Crippen LogP contribution >= 0.6 is 24.4 Å². The van der Waals surface area contributed by atoms with Crippen molar-refractivity contribution in [3.63, 3.8) is 0 Å². The Hall–Kier alpha value is -0.160. The highest BCUT2D eigenvalue weighted by Crippen LogP contribution is 2.47. The number of carbonyl (C=O) groups is 2. The zero-order valence-corrected chi connectivity index (χ0v) is 8.87. The third kappa shape index (κ3) is 1.72. The van der Waals surface area contributed by atoms with Gasteiger partial charge in [-0.05, 0) is 24.0 Å². The molecule has 1 aliphatic heterocycles. The molecule has 0 bridgehead atoms. The quantitative estimate of drug-likeness (QED) is 0.726. The fourth-order valence-corrected chi connectivity index (χ4v) is 2.55. The topological polar surface area (TPSA) is 37.4 Å². The molecule has 0 unspecified atom stereocenters. The first-order valence-corrected chi connectivity index (χ1v) is 5.87. The number of hydrogen-bond donors (Lipinski definition) is 1. The van der Waals surface area contributed by atoms with Gasteiger partial charge in [-0.15, -0.1) is 0 Å². The van der Waals surface area contributed by atoms with Crippen LogP contribution in [-0.2, 0) is 4.79 Å². The summed E-state index contributed by atoms with van der Waals surface area (Å²) in [5, 5.41) is -0.0851. The minimum absolute atomic E-state index is 0.0388. The maximum absolute atomic E-state index is 11.3. The number of carbonyl (C=O) groups excluding carboxylic acids is 2. The minimum Gasteiger partial charge on any atom is -0.273 e. The monoisotopic (exact) mass is 217 g/mol. The van der Waals surface area contributed by atoms with Crippen LogP contribution in [-0.4, -0.2) is 34.1 Å². The van der Waals surface area contributed by atoms with Crippen molar-refractivity contribution >= 4 is 35.5 Å². The Labute approximate surface area is 86.6 Å². The normalized spacial score (nSPS) is 25.5. The minimum atomic E-state index is -0.0851. The molecular weight excluding hydrogens is 206 g/mol. The Morgan fingerprint density at radius 1 is 1.46 bits per heavy atom. The molecule has 2 fully saturated rings. The Balaban J connectivity index is 2.01. The summed E-state index contributed by atoms with van der Waals surface area (Å²) in [6, 6.07) is 0. The van der Waals surface area contributed by atoms with Gasteiger partial charge in [0.15, 0.2) is 0 Å². The maximum atomic E-state index is 11.3. The van der Waals surface area contributed by atoms with Crippen LogP contribution in [0.3, 0.4) is 0 Å². The molecule has 0 N–H and O–H groups in total. The van der Waals surface area contributed by atoms with E-state index in [1.54, 1.807) is 0 Å². The number of amides is 2. The molecule has 0 aromatic rings. The van der Waals surface area contributed by atoms with Gasteiger partial charge in [0.05, 0.1) is 5.75 Å². The molecule has 0 aromatic heterocycles. The first-order chi connectivity index (χ1) is 6.17. The molecule has 2 amide bonds. The Kier molecular flexibility index (Phi) is 2.32. The molecule has 5 heteroatoms. The summed E-state index contributed by atoms with van der Waals surface area (Å²) in [7, 11) is 0. The highest BCUT2D eigenvalue weighted by atomic mass is 32.2. The lowest BCUT2D eigenvalue weighted by atomic mass is 10.1. The number of hydrogen-bond acceptors (Lipinski definition) is 4. The van der Waals surface area contributed by atoms with Crippen LogP contribution < -0.4 is 0 Å². The highest BCUT2D eigenvalue weighted by Gasteiger charge is 2.46. The Bertz CT molecular complexity index is 247. The van der Waals surface area contributed by atoms with E-state index in [1.165, 1.54) is 4.90 Å². The van der Waals surface area contributed by atoms with Crippen molar-refractivity contribution in [2.75, 3.05) is 18.1 Å². The first-order valence-electron chi connectivity index (χ1n) is 4.25. The van der Waals surface area contributed by atoms with Crippen molar-refractivity contribution in [1.82, 2.24) is 4.90 Å². The van der Waals surface area contributed by atoms with Gasteiger partial charge >= 0.3 is 0 Å². The van der Waals surface area contributed by atoms with Crippen LogP contribution in [0.4, 0.5) is 4.79 Å². The van der Waals surface area contributed by atoms with Gasteiger partial charge < -0.3 is 0 Å². The van der Waals surface area contributed by atoms with E-state index >= 15 is 0 Å². The molecule has 13 heavy (non-hydrogen) atoms. The van der Waals surface area contributed by atoms with E-state index in [0.717, 1.165) is 30.4 Å². The number of imide groups is 1. The lowest BCUT2D eigenvalue weighted by molar-refractivity contribution is -0.125. The van der Waals surface area contributed by atoms with Crippen LogP contribution in [0.5, 0.6) is 0 Å². The standard InChI is InChI=1S/C8H11NO2S2/c10-6-3-13-7(11)9(6)4-8(5-12)1-2-8/h12H,1-5H2. The van der Waals surface area contributed by atoms with Gasteiger partial charge in [-0.3, -0.25) is 14.5 Å². The van der Waals surface area contributed by atoms with Crippen molar-refractivity contribution in [3.05, 3.63) is 0 Å². The van der Waals surface area contributed by atoms with Crippen molar-refractivity contribution < 1.29 is 9.59 Å². The predicted octanol–water partition coefficient (Wildman–Crippen LogP) is 1.39. The summed E-state index contributed by atoms with van der Waals surface area (Å²) < 4.78 is 0. The number of thioether (sulfide) groups is 1. The van der Waals surface area contributed by atoms with Crippen molar-refractivity contribution in [2.24, 2.45) is 5.41 Å². The number of rotatable bonds is 3. The summed E-state index contributed by atoms with van der Waals surface area (Å²) in [6.45, 7) is 0.584. The molecule has 1 heterocycles. The average molecular weight is 217 g/mol. The van der Waals surface area contributed by atoms with Crippen molar-refractivity contribution in [1.29, 1.82) is 0 Å². The van der Waals surface area contributed by atoms with Crippen molar-refractivity contribution in [3.8, 4) is 0 Å². The van der Waals surface area contributed by atoms with Gasteiger partial charge in [0.25, 0.3) is 5.24 Å². The van der Waals surface area contributed by atoms with E-state index < -0.39 is 0 Å². The molecule has 1 saturated carbocycles. The average Bonchev–Trinajstić information content (AvgIpc) is 2.84. The fraction of sp³-hybridized carbons (Fsp3) is 0.750. The summed E-state index contributed by atoms with van der Waals surface area (Å²) >= 11 is 5.34. The van der Waals surface area contributed by atoms with E-state index in [0.29, 0.717) is 12.3 Å². The molecule has 1 aliphatic carbocycles. The zero-order chi connectivity index (χ0) is 9.47. The third-order valence-corrected chi connectivity index (χ3v) is 4.16. The van der Waals surface area contributed by atoms with Crippen LogP contribution in [0.2, 0.25) is 0 Å². The van der Waals surface area contributed by atoms with E-state index in [9.17, 15) is 9.59 Å². The molecule has 1 saturated heterocycles. The van der Waals surface area contributed by atoms with Gasteiger partial charge in [-0.2, -0.15) is 12.6 Å². The van der Waals surface area contributed by atoms with Crippen molar-refractivity contribution in [2.45, 2.75) is 12.8 Å². The molecule has 0 spiro atoms. The molecule has 0 aromatic carbocycles. The van der Waals surface area contributed by atoms with Gasteiger partial charge in [0.1, 0.15) is 0 Å². The smallest absolute Gasteiger partial charge is 0.273 e. The number of nitrogens with zero attached hydrogens (tertiary/aromatic N) is 1. The second kappa shape index (κ2) is 3.20. The molecule has 2 rings (SSSR count). The van der Waals surface area contributed by atoms with Crippen LogP contribution in [0.25, 0.3) is 0 Å². The second-order valence-electron chi connectivity index (χ2n) is 3.69. The molecule has 72 valence electrons. The summed E-state index contributed by atoms with van der Waals surface area (Å²) in [5.74, 6) is 1.05. The number of thiol groups is 1. The van der Waals surface area contributed by atoms with Crippen LogP contribution in [0, 0.1) is 5.41 Å². The van der Waals surface area contributed by atoms with Gasteiger partial charge in [-0.1, -0.05) is 11.8 Å². The summed E-state index contributed by atoms with van der Waals surface area (Å²) in [4.78, 5) is 23.9. The van der Waals surface area contributed by atoms with E-state index in [-0.39, 0.29) is 16.6 Å². The molecule has 2 aliphatic rings. The lowest BCUT2D eigenvalue weighted by Crippen LogP contribution is -2.35. The summed E-state index contributed by atoms with van der Waals surface area (Å²) in [5.41, 5.74) is 0.152. The molecule has 0 radical (unpaired) electrons. The molecule has 3 nitrogen and oxygen atoms in total. The Morgan fingerprint density at radius 2 is 2.15 bits per heavy atom. The van der Waals surface area contributed by atoms with E-state index in [2.05, 4.69) is 12.6 Å². The second-order valence-corrected chi connectivity index (χ2v) is 4.94. The van der Waals surface area contributed by atoms with Crippen LogP contribution in [0.1, 0.15) is 12.8 Å². The molecule has 0 atom stereocenters. The van der Waals surface area contributed by atoms with Crippen LogP contribution in [0.15, 0.2) is 0 Å². The SMILES string of the molecule is O=C1CSC(=O)N1CC1(CS)CC1. The molecular formula is C8H11NO2S2. The summed E-state index contributed by atoms with van der Waals surface area (Å²) in [6.07, 6.45) is 2.19. The maximum Gasteiger partial charge on any atom is 0.288 e. The highest BCUT2D eigenvalue weighted by molar-refractivity contribution is 8.14. The third-order valence-electron chi connectivity index (χ3n) is 2.63. The fourth-order valence-electron chi connectivity index (χ4n) is 1.41. The first kappa shape index (κ1) is 9.40.